The van der Waals surface area contributed by atoms with Crippen LogP contribution in [0.1, 0.15) is 23.1 Å². The molecule has 116 valence electrons. The number of nitrogens with one attached hydrogen (secondary N) is 1. The molecule has 1 N–H and O–H groups in total. The Kier molecular flexibility index (Phi) is 6.27. The lowest BCUT2D eigenvalue weighted by molar-refractivity contribution is -0.121. The van der Waals surface area contributed by atoms with Crippen LogP contribution in [0.4, 0.5) is 4.79 Å². The summed E-state index contributed by atoms with van der Waals surface area (Å²) >= 11 is 0. The number of aromatic nitrogens is 3. The number of nitrogens with zero attached hydrogens (tertiary/aromatic N) is 3. The fourth-order valence-corrected chi connectivity index (χ4v) is 1.45. The number of carbonyl (C=O) groups is 3. The van der Waals surface area contributed by atoms with Gasteiger partial charge in [-0.25, -0.2) is 14.3 Å². The number of rotatable bonds is 6. The van der Waals surface area contributed by atoms with Gasteiger partial charge in [0, 0.05) is 7.11 Å². The van der Waals surface area contributed by atoms with Gasteiger partial charge in [-0.05, 0) is 6.92 Å². The van der Waals surface area contributed by atoms with Crippen molar-refractivity contribution in [1.82, 2.24) is 20.3 Å². The van der Waals surface area contributed by atoms with Gasteiger partial charge in [0.1, 0.15) is 6.54 Å². The first kappa shape index (κ1) is 16.6. The quantitative estimate of drug-likeness (QED) is 0.697. The average Bonchev–Trinajstić information content (AvgIpc) is 2.81. The molecule has 10 nitrogen and oxygen atoms in total. The molecule has 0 spiro atoms. The maximum absolute atomic E-state index is 11.6. The lowest BCUT2D eigenvalue weighted by Crippen LogP contribution is -2.34. The van der Waals surface area contributed by atoms with E-state index in [1.807, 2.05) is 5.32 Å². The number of amides is 2. The zero-order chi connectivity index (χ0) is 15.8. The predicted octanol–water partition coefficient (Wildman–Crippen LogP) is -0.516. The van der Waals surface area contributed by atoms with E-state index in [-0.39, 0.29) is 31.1 Å². The molecule has 1 aromatic rings. The molecule has 0 saturated heterocycles. The highest BCUT2D eigenvalue weighted by Gasteiger charge is 2.22. The van der Waals surface area contributed by atoms with Crippen molar-refractivity contribution in [3.63, 3.8) is 0 Å². The topological polar surface area (TPSA) is 122 Å². The minimum absolute atomic E-state index is 0.00409. The number of methoxy groups -OCH3 is 2. The molecule has 0 fully saturated rings. The number of alkyl carbamates (subject to hydrolysis) is 1. The Morgan fingerprint density at radius 2 is 2.00 bits per heavy atom. The van der Waals surface area contributed by atoms with Gasteiger partial charge in [-0.2, -0.15) is 0 Å². The van der Waals surface area contributed by atoms with Crippen molar-refractivity contribution < 1.29 is 28.6 Å². The van der Waals surface area contributed by atoms with E-state index in [1.54, 1.807) is 6.92 Å². The summed E-state index contributed by atoms with van der Waals surface area (Å²) in [4.78, 5) is 34.3. The summed E-state index contributed by atoms with van der Waals surface area (Å²) in [6.07, 6.45) is -0.857. The molecular weight excluding hydrogens is 284 g/mol. The van der Waals surface area contributed by atoms with Crippen LogP contribution < -0.4 is 5.32 Å². The van der Waals surface area contributed by atoms with Crippen molar-refractivity contribution >= 4 is 18.0 Å². The maximum atomic E-state index is 11.6. The zero-order valence-electron chi connectivity index (χ0n) is 11.9. The summed E-state index contributed by atoms with van der Waals surface area (Å²) in [7, 11) is 2.61. The van der Waals surface area contributed by atoms with Gasteiger partial charge in [-0.15, -0.1) is 5.10 Å². The first-order valence-corrected chi connectivity index (χ1v) is 5.99. The van der Waals surface area contributed by atoms with Crippen molar-refractivity contribution in [2.45, 2.75) is 20.1 Å². The molecule has 0 aliphatic heterocycles. The molecule has 10 heteroatoms. The third kappa shape index (κ3) is 4.53. The second kappa shape index (κ2) is 7.94. The normalized spacial score (nSPS) is 10.0. The molecule has 1 aromatic heterocycles. The lowest BCUT2D eigenvalue weighted by atomic mass is 10.3. The van der Waals surface area contributed by atoms with Crippen LogP contribution in [-0.4, -0.2) is 53.8 Å². The fraction of sp³-hybridized carbons (Fsp3) is 0.545. The van der Waals surface area contributed by atoms with Gasteiger partial charge < -0.3 is 14.2 Å². The molecule has 21 heavy (non-hydrogen) atoms. The number of imide groups is 1. The largest absolute Gasteiger partial charge is 0.464 e. The molecule has 1 heterocycles. The summed E-state index contributed by atoms with van der Waals surface area (Å²) < 4.78 is 15.2. The predicted molar refractivity (Wildman–Crippen MR) is 67.2 cm³/mol. The Morgan fingerprint density at radius 1 is 1.29 bits per heavy atom. The highest BCUT2D eigenvalue weighted by atomic mass is 16.5. The SMILES string of the molecule is CCOC(=O)NC(=O)Cn1nnc(C(=O)OC)c1COC. The van der Waals surface area contributed by atoms with Gasteiger partial charge in [0.2, 0.25) is 0 Å². The number of esters is 1. The zero-order valence-corrected chi connectivity index (χ0v) is 11.9. The van der Waals surface area contributed by atoms with Gasteiger partial charge >= 0.3 is 12.1 Å². The minimum Gasteiger partial charge on any atom is -0.464 e. The van der Waals surface area contributed by atoms with Crippen LogP contribution in [0, 0.1) is 0 Å². The van der Waals surface area contributed by atoms with Gasteiger partial charge in [0.15, 0.2) is 5.69 Å². The maximum Gasteiger partial charge on any atom is 0.413 e. The summed E-state index contributed by atoms with van der Waals surface area (Å²) in [5, 5.41) is 9.31. The minimum atomic E-state index is -0.857. The Bertz CT molecular complexity index is 527. The standard InChI is InChI=1S/C11H16N4O6/c1-4-21-11(18)12-8(16)5-15-7(6-19-2)9(13-14-15)10(17)20-3/h4-6H2,1-3H3,(H,12,16,18). The molecule has 0 aliphatic rings. The van der Waals surface area contributed by atoms with Gasteiger partial charge in [-0.1, -0.05) is 5.21 Å². The van der Waals surface area contributed by atoms with E-state index < -0.39 is 18.0 Å². The Labute approximate surface area is 120 Å². The van der Waals surface area contributed by atoms with Crippen LogP contribution in [-0.2, 0) is 32.2 Å². The van der Waals surface area contributed by atoms with Gasteiger partial charge in [0.05, 0.1) is 26.0 Å². The molecule has 2 amide bonds. The molecular formula is C11H16N4O6. The molecule has 0 bridgehead atoms. The van der Waals surface area contributed by atoms with E-state index in [0.29, 0.717) is 0 Å². The lowest BCUT2D eigenvalue weighted by Gasteiger charge is -2.07. The fourth-order valence-electron chi connectivity index (χ4n) is 1.45. The Balaban J connectivity index is 2.83. The van der Waals surface area contributed by atoms with Crippen molar-refractivity contribution in [3.8, 4) is 0 Å². The molecule has 0 saturated carbocycles. The van der Waals surface area contributed by atoms with Crippen LogP contribution in [0.5, 0.6) is 0 Å². The van der Waals surface area contributed by atoms with Crippen LogP contribution >= 0.6 is 0 Å². The van der Waals surface area contributed by atoms with E-state index in [4.69, 9.17) is 4.74 Å². The van der Waals surface area contributed by atoms with Crippen LogP contribution in [0.2, 0.25) is 0 Å². The Hall–Kier alpha value is -2.49. The molecule has 0 radical (unpaired) electrons. The van der Waals surface area contributed by atoms with Crippen molar-refractivity contribution in [3.05, 3.63) is 11.4 Å². The van der Waals surface area contributed by atoms with Gasteiger partial charge in [-0.3, -0.25) is 10.1 Å². The summed E-state index contributed by atoms with van der Waals surface area (Å²) in [6, 6.07) is 0. The van der Waals surface area contributed by atoms with Crippen molar-refractivity contribution in [2.24, 2.45) is 0 Å². The smallest absolute Gasteiger partial charge is 0.413 e. The van der Waals surface area contributed by atoms with E-state index in [9.17, 15) is 14.4 Å². The number of hydrogen-bond acceptors (Lipinski definition) is 8. The highest BCUT2D eigenvalue weighted by molar-refractivity contribution is 5.92. The number of ether oxygens (including phenoxy) is 3. The van der Waals surface area contributed by atoms with E-state index in [1.165, 1.54) is 14.2 Å². The summed E-state index contributed by atoms with van der Waals surface area (Å²) in [5.74, 6) is -1.36. The third-order valence-electron chi connectivity index (χ3n) is 2.31. The van der Waals surface area contributed by atoms with Crippen LogP contribution in [0.3, 0.4) is 0 Å². The monoisotopic (exact) mass is 300 g/mol. The average molecular weight is 300 g/mol. The summed E-state index contributed by atoms with van der Waals surface area (Å²) in [5.41, 5.74) is 0.214. The van der Waals surface area contributed by atoms with E-state index in [2.05, 4.69) is 19.8 Å². The van der Waals surface area contributed by atoms with Crippen molar-refractivity contribution in [1.29, 1.82) is 0 Å². The summed E-state index contributed by atoms with van der Waals surface area (Å²) in [6.45, 7) is 1.44. The van der Waals surface area contributed by atoms with E-state index in [0.717, 1.165) is 4.68 Å². The highest BCUT2D eigenvalue weighted by Crippen LogP contribution is 2.08. The Morgan fingerprint density at radius 3 is 2.57 bits per heavy atom. The number of carbonyl (C=O) groups excluding carboxylic acids is 3. The van der Waals surface area contributed by atoms with Crippen LogP contribution in [0.25, 0.3) is 0 Å². The van der Waals surface area contributed by atoms with Crippen molar-refractivity contribution in [2.75, 3.05) is 20.8 Å². The molecule has 0 unspecified atom stereocenters. The third-order valence-corrected chi connectivity index (χ3v) is 2.31. The molecule has 0 aliphatic carbocycles. The second-order valence-corrected chi connectivity index (χ2v) is 3.74. The molecule has 1 rings (SSSR count). The first-order chi connectivity index (χ1) is 10.0. The van der Waals surface area contributed by atoms with Crippen LogP contribution in [0.15, 0.2) is 0 Å². The molecule has 0 atom stereocenters. The second-order valence-electron chi connectivity index (χ2n) is 3.74. The first-order valence-electron chi connectivity index (χ1n) is 5.99. The van der Waals surface area contributed by atoms with Gasteiger partial charge in [0.25, 0.3) is 5.91 Å². The van der Waals surface area contributed by atoms with E-state index >= 15 is 0 Å². The number of hydrogen-bond donors (Lipinski definition) is 1. The molecule has 0 aromatic carbocycles.